The van der Waals surface area contributed by atoms with Crippen LogP contribution in [-0.2, 0) is 0 Å². The Bertz CT molecular complexity index is 500. The maximum Gasteiger partial charge on any atom is 0.319 e. The Hall–Kier alpha value is -2.06. The van der Waals surface area contributed by atoms with Crippen LogP contribution in [0.4, 0.5) is 10.5 Å². The quantitative estimate of drug-likeness (QED) is 0.794. The van der Waals surface area contributed by atoms with Crippen LogP contribution in [0.2, 0.25) is 0 Å². The third kappa shape index (κ3) is 4.47. The Morgan fingerprint density at radius 2 is 1.95 bits per heavy atom. The number of rotatable bonds is 4. The highest BCUT2D eigenvalue weighted by Crippen LogP contribution is 2.26. The molecule has 0 bridgehead atoms. The molecule has 0 saturated heterocycles. The number of nitrogens with two attached hydrogens (primary N) is 1. The van der Waals surface area contributed by atoms with Gasteiger partial charge >= 0.3 is 6.03 Å². The zero-order valence-corrected chi connectivity index (χ0v) is 12.1. The first-order valence-corrected chi connectivity index (χ1v) is 7.50. The van der Waals surface area contributed by atoms with Gasteiger partial charge < -0.3 is 16.4 Å². The molecule has 1 fully saturated rings. The van der Waals surface area contributed by atoms with E-state index in [-0.39, 0.29) is 12.1 Å². The Labute approximate surface area is 125 Å². The van der Waals surface area contributed by atoms with E-state index >= 15 is 0 Å². The van der Waals surface area contributed by atoms with Crippen molar-refractivity contribution >= 4 is 11.7 Å². The number of carbonyl (C=O) groups is 1. The second-order valence-electron chi connectivity index (χ2n) is 5.53. The van der Waals surface area contributed by atoms with Gasteiger partial charge in [-0.1, -0.05) is 19.3 Å². The summed E-state index contributed by atoms with van der Waals surface area (Å²) < 4.78 is 0. The van der Waals surface area contributed by atoms with Crippen molar-refractivity contribution in [1.82, 2.24) is 5.32 Å². The number of urea groups is 1. The molecule has 0 spiro atoms. The predicted octanol–water partition coefficient (Wildman–Crippen LogP) is 2.59. The monoisotopic (exact) mass is 286 g/mol. The molecule has 21 heavy (non-hydrogen) atoms. The summed E-state index contributed by atoms with van der Waals surface area (Å²) in [5.41, 5.74) is 7.05. The maximum absolute atomic E-state index is 12.0. The molecule has 1 saturated carbocycles. The zero-order chi connectivity index (χ0) is 15.1. The highest BCUT2D eigenvalue weighted by molar-refractivity contribution is 5.89. The van der Waals surface area contributed by atoms with E-state index in [1.54, 1.807) is 24.3 Å². The van der Waals surface area contributed by atoms with E-state index in [0.717, 1.165) is 12.8 Å². The van der Waals surface area contributed by atoms with Crippen LogP contribution in [0.3, 0.4) is 0 Å². The van der Waals surface area contributed by atoms with Gasteiger partial charge in [-0.25, -0.2) is 4.79 Å². The van der Waals surface area contributed by atoms with Crippen molar-refractivity contribution in [3.63, 3.8) is 0 Å². The number of anilines is 1. The smallest absolute Gasteiger partial charge is 0.319 e. The van der Waals surface area contributed by atoms with Gasteiger partial charge in [0.05, 0.1) is 11.6 Å². The lowest BCUT2D eigenvalue weighted by Crippen LogP contribution is -2.47. The van der Waals surface area contributed by atoms with Gasteiger partial charge in [0.25, 0.3) is 0 Å². The summed E-state index contributed by atoms with van der Waals surface area (Å²) in [5, 5.41) is 14.5. The number of amides is 2. The normalized spacial score (nSPS) is 16.8. The lowest BCUT2D eigenvalue weighted by atomic mass is 9.84. The highest BCUT2D eigenvalue weighted by atomic mass is 16.2. The molecule has 1 atom stereocenters. The highest BCUT2D eigenvalue weighted by Gasteiger charge is 2.23. The summed E-state index contributed by atoms with van der Waals surface area (Å²) in [4.78, 5) is 12.0. The molecule has 112 valence electrons. The molecular weight excluding hydrogens is 264 g/mol. The van der Waals surface area contributed by atoms with Crippen LogP contribution in [0, 0.1) is 17.2 Å². The Morgan fingerprint density at radius 1 is 1.29 bits per heavy atom. The minimum absolute atomic E-state index is 0.0312. The topological polar surface area (TPSA) is 90.9 Å². The fourth-order valence-corrected chi connectivity index (χ4v) is 2.87. The van der Waals surface area contributed by atoms with Crippen molar-refractivity contribution in [2.45, 2.75) is 38.1 Å². The lowest BCUT2D eigenvalue weighted by molar-refractivity contribution is 0.233. The fourth-order valence-electron chi connectivity index (χ4n) is 2.87. The molecule has 0 aliphatic heterocycles. The molecule has 1 unspecified atom stereocenters. The Kier molecular flexibility index (Phi) is 5.59. The van der Waals surface area contributed by atoms with Gasteiger partial charge in [0.1, 0.15) is 0 Å². The molecule has 1 aliphatic carbocycles. The maximum atomic E-state index is 12.0. The van der Waals surface area contributed by atoms with Crippen LogP contribution in [0.15, 0.2) is 24.3 Å². The van der Waals surface area contributed by atoms with Crippen molar-refractivity contribution in [3.05, 3.63) is 29.8 Å². The van der Waals surface area contributed by atoms with E-state index in [1.165, 1.54) is 19.3 Å². The molecule has 5 heteroatoms. The zero-order valence-electron chi connectivity index (χ0n) is 12.1. The minimum atomic E-state index is -0.235. The molecular formula is C16H22N4O. The molecule has 4 N–H and O–H groups in total. The van der Waals surface area contributed by atoms with Gasteiger partial charge in [-0.3, -0.25) is 0 Å². The largest absolute Gasteiger partial charge is 0.334 e. The molecule has 0 aromatic heterocycles. The minimum Gasteiger partial charge on any atom is -0.334 e. The van der Waals surface area contributed by atoms with Crippen molar-refractivity contribution in [3.8, 4) is 6.07 Å². The standard InChI is InChI=1S/C16H22N4O/c17-10-12-6-8-14(9-7-12)19-16(21)20-15(11-18)13-4-2-1-3-5-13/h6-9,13,15H,1-5,11,18H2,(H2,19,20,21). The van der Waals surface area contributed by atoms with E-state index in [1.807, 2.05) is 6.07 Å². The molecule has 2 amide bonds. The Morgan fingerprint density at radius 3 is 2.52 bits per heavy atom. The van der Waals surface area contributed by atoms with Crippen LogP contribution in [0.5, 0.6) is 0 Å². The van der Waals surface area contributed by atoms with E-state index in [0.29, 0.717) is 23.7 Å². The summed E-state index contributed by atoms with van der Waals surface area (Å²) in [5.74, 6) is 0.482. The van der Waals surface area contributed by atoms with Gasteiger partial charge in [-0.2, -0.15) is 5.26 Å². The number of hydrogen-bond donors (Lipinski definition) is 3. The van der Waals surface area contributed by atoms with E-state index < -0.39 is 0 Å². The molecule has 1 aromatic rings. The van der Waals surface area contributed by atoms with Gasteiger partial charge in [0.15, 0.2) is 0 Å². The second-order valence-corrected chi connectivity index (χ2v) is 5.53. The van der Waals surface area contributed by atoms with Crippen LogP contribution in [0.25, 0.3) is 0 Å². The summed E-state index contributed by atoms with van der Waals surface area (Å²) in [6.07, 6.45) is 6.00. The van der Waals surface area contributed by atoms with Crippen molar-refractivity contribution in [2.24, 2.45) is 11.7 Å². The first-order valence-electron chi connectivity index (χ1n) is 7.50. The summed E-state index contributed by atoms with van der Waals surface area (Å²) in [7, 11) is 0. The molecule has 0 radical (unpaired) electrons. The van der Waals surface area contributed by atoms with Crippen LogP contribution in [0.1, 0.15) is 37.7 Å². The molecule has 1 aromatic carbocycles. The summed E-state index contributed by atoms with van der Waals surface area (Å²) in [6, 6.07) is 8.64. The van der Waals surface area contributed by atoms with Gasteiger partial charge in [-0.05, 0) is 43.0 Å². The molecule has 0 heterocycles. The molecule has 2 rings (SSSR count). The molecule has 5 nitrogen and oxygen atoms in total. The van der Waals surface area contributed by atoms with Crippen molar-refractivity contribution in [1.29, 1.82) is 5.26 Å². The number of nitrogens with one attached hydrogen (secondary N) is 2. The fraction of sp³-hybridized carbons (Fsp3) is 0.500. The number of carbonyl (C=O) groups excluding carboxylic acids is 1. The van der Waals surface area contributed by atoms with Crippen LogP contribution in [-0.4, -0.2) is 18.6 Å². The molecule has 1 aliphatic rings. The predicted molar refractivity (Wildman–Crippen MR) is 82.7 cm³/mol. The lowest BCUT2D eigenvalue weighted by Gasteiger charge is -2.30. The number of hydrogen-bond acceptors (Lipinski definition) is 3. The average molecular weight is 286 g/mol. The van der Waals surface area contributed by atoms with Gasteiger partial charge in [0.2, 0.25) is 0 Å². The first kappa shape index (κ1) is 15.3. The van der Waals surface area contributed by atoms with E-state index in [9.17, 15) is 4.79 Å². The third-order valence-electron chi connectivity index (χ3n) is 4.06. The second kappa shape index (κ2) is 7.65. The summed E-state index contributed by atoms with van der Waals surface area (Å²) >= 11 is 0. The van der Waals surface area contributed by atoms with Gasteiger partial charge in [-0.15, -0.1) is 0 Å². The van der Waals surface area contributed by atoms with Crippen molar-refractivity contribution in [2.75, 3.05) is 11.9 Å². The van der Waals surface area contributed by atoms with Gasteiger partial charge in [0, 0.05) is 18.3 Å². The van der Waals surface area contributed by atoms with E-state index in [2.05, 4.69) is 10.6 Å². The number of nitrogens with zero attached hydrogens (tertiary/aromatic N) is 1. The first-order chi connectivity index (χ1) is 10.2. The van der Waals surface area contributed by atoms with Crippen LogP contribution >= 0.6 is 0 Å². The Balaban J connectivity index is 1.88. The van der Waals surface area contributed by atoms with Crippen LogP contribution < -0.4 is 16.4 Å². The summed E-state index contributed by atoms with van der Waals surface area (Å²) in [6.45, 7) is 0.464. The third-order valence-corrected chi connectivity index (χ3v) is 4.06. The number of benzene rings is 1. The SMILES string of the molecule is N#Cc1ccc(NC(=O)NC(CN)C2CCCCC2)cc1. The number of nitriles is 1. The average Bonchev–Trinajstić information content (AvgIpc) is 2.54. The van der Waals surface area contributed by atoms with Crippen molar-refractivity contribution < 1.29 is 4.79 Å². The van der Waals surface area contributed by atoms with E-state index in [4.69, 9.17) is 11.0 Å².